The summed E-state index contributed by atoms with van der Waals surface area (Å²) in [6, 6.07) is 11.5. The molecule has 0 aliphatic heterocycles. The number of thiophene rings is 1. The lowest BCUT2D eigenvalue weighted by atomic mass is 10.2. The van der Waals surface area contributed by atoms with Gasteiger partial charge in [-0.25, -0.2) is 9.48 Å². The Morgan fingerprint density at radius 2 is 2.04 bits per heavy atom. The number of ether oxygens (including phenoxy) is 1. The molecule has 134 valence electrons. The summed E-state index contributed by atoms with van der Waals surface area (Å²) in [7, 11) is 0. The minimum absolute atomic E-state index is 0.158. The van der Waals surface area contributed by atoms with Crippen LogP contribution in [0.4, 0.5) is 5.00 Å². The van der Waals surface area contributed by atoms with Gasteiger partial charge in [-0.1, -0.05) is 18.2 Å². The average molecular weight is 369 g/mol. The molecule has 0 radical (unpaired) electrons. The minimum atomic E-state index is -0.361. The van der Waals surface area contributed by atoms with Gasteiger partial charge >= 0.3 is 5.97 Å². The number of benzene rings is 1. The van der Waals surface area contributed by atoms with E-state index < -0.39 is 0 Å². The summed E-state index contributed by atoms with van der Waals surface area (Å²) in [6.07, 6.45) is 3.72. The van der Waals surface area contributed by atoms with Gasteiger partial charge in [0.2, 0.25) is 5.91 Å². The predicted octanol–water partition coefficient (Wildman–Crippen LogP) is 3.60. The summed E-state index contributed by atoms with van der Waals surface area (Å²) in [5, 5.41) is 7.75. The predicted molar refractivity (Wildman–Crippen MR) is 101 cm³/mol. The highest BCUT2D eigenvalue weighted by atomic mass is 32.1. The van der Waals surface area contributed by atoms with Crippen molar-refractivity contribution < 1.29 is 14.3 Å². The van der Waals surface area contributed by atoms with Crippen molar-refractivity contribution >= 4 is 28.2 Å². The Balaban J connectivity index is 1.64. The van der Waals surface area contributed by atoms with Gasteiger partial charge in [0.25, 0.3) is 0 Å². The SMILES string of the molecule is CCOC(=O)c1sc(NC(=O)Cc2cnn(-c3ccccc3)c2)cc1C. The summed E-state index contributed by atoms with van der Waals surface area (Å²) >= 11 is 1.22. The van der Waals surface area contributed by atoms with E-state index in [1.807, 2.05) is 43.5 Å². The summed E-state index contributed by atoms with van der Waals surface area (Å²) in [5.74, 6) is -0.520. The molecule has 0 spiro atoms. The van der Waals surface area contributed by atoms with Gasteiger partial charge in [0.05, 0.1) is 29.9 Å². The van der Waals surface area contributed by atoms with Gasteiger partial charge in [0.1, 0.15) is 4.88 Å². The second-order valence-corrected chi connectivity index (χ2v) is 6.75. The van der Waals surface area contributed by atoms with E-state index in [2.05, 4.69) is 10.4 Å². The van der Waals surface area contributed by atoms with Crippen LogP contribution in [0.3, 0.4) is 0 Å². The normalized spacial score (nSPS) is 10.5. The zero-order valence-corrected chi connectivity index (χ0v) is 15.4. The molecular weight excluding hydrogens is 350 g/mol. The molecule has 0 aliphatic rings. The molecule has 0 atom stereocenters. The van der Waals surface area contributed by atoms with Gasteiger partial charge in [-0.15, -0.1) is 11.3 Å². The molecule has 0 saturated carbocycles. The lowest BCUT2D eigenvalue weighted by Crippen LogP contribution is -2.13. The van der Waals surface area contributed by atoms with Crippen molar-refractivity contribution in [3.05, 3.63) is 64.8 Å². The van der Waals surface area contributed by atoms with E-state index in [1.54, 1.807) is 23.9 Å². The fourth-order valence-corrected chi connectivity index (χ4v) is 3.47. The average Bonchev–Trinajstić information content (AvgIpc) is 3.22. The maximum Gasteiger partial charge on any atom is 0.348 e. The molecule has 7 heteroatoms. The highest BCUT2D eigenvalue weighted by molar-refractivity contribution is 7.18. The number of nitrogens with zero attached hydrogens (tertiary/aromatic N) is 2. The van der Waals surface area contributed by atoms with E-state index in [9.17, 15) is 9.59 Å². The van der Waals surface area contributed by atoms with Crippen LogP contribution in [0.15, 0.2) is 48.8 Å². The fourth-order valence-electron chi connectivity index (χ4n) is 2.48. The third-order valence-corrected chi connectivity index (χ3v) is 4.80. The number of aromatic nitrogens is 2. The molecule has 1 amide bonds. The van der Waals surface area contributed by atoms with Crippen molar-refractivity contribution in [2.45, 2.75) is 20.3 Å². The van der Waals surface area contributed by atoms with Gasteiger partial charge in [0, 0.05) is 6.20 Å². The number of rotatable bonds is 6. The van der Waals surface area contributed by atoms with E-state index in [0.717, 1.165) is 16.8 Å². The summed E-state index contributed by atoms with van der Waals surface area (Å²) in [5.41, 5.74) is 2.54. The molecule has 2 aromatic heterocycles. The molecule has 1 N–H and O–H groups in total. The van der Waals surface area contributed by atoms with Crippen LogP contribution in [-0.2, 0) is 16.0 Å². The number of para-hydroxylation sites is 1. The van der Waals surface area contributed by atoms with E-state index in [4.69, 9.17) is 4.74 Å². The van der Waals surface area contributed by atoms with Crippen LogP contribution in [-0.4, -0.2) is 28.3 Å². The largest absolute Gasteiger partial charge is 0.462 e. The zero-order chi connectivity index (χ0) is 18.5. The summed E-state index contributed by atoms with van der Waals surface area (Å²) < 4.78 is 6.75. The van der Waals surface area contributed by atoms with Gasteiger partial charge < -0.3 is 10.1 Å². The molecule has 26 heavy (non-hydrogen) atoms. The van der Waals surface area contributed by atoms with Crippen LogP contribution in [0.2, 0.25) is 0 Å². The van der Waals surface area contributed by atoms with Crippen LogP contribution in [0.1, 0.15) is 27.7 Å². The molecule has 0 saturated heterocycles. The number of esters is 1. The first-order valence-corrected chi connectivity index (χ1v) is 9.05. The standard InChI is InChI=1S/C19H19N3O3S/c1-3-25-19(24)18-13(2)9-17(26-18)21-16(23)10-14-11-20-22(12-14)15-7-5-4-6-8-15/h4-9,11-12H,3,10H2,1-2H3,(H,21,23). The Bertz CT molecular complexity index is 915. The van der Waals surface area contributed by atoms with Crippen molar-refractivity contribution in [1.82, 2.24) is 9.78 Å². The Morgan fingerprint density at radius 1 is 1.27 bits per heavy atom. The van der Waals surface area contributed by atoms with Crippen LogP contribution in [0.25, 0.3) is 5.69 Å². The van der Waals surface area contributed by atoms with Crippen LogP contribution < -0.4 is 5.32 Å². The van der Waals surface area contributed by atoms with Gasteiger partial charge in [-0.05, 0) is 43.2 Å². The Morgan fingerprint density at radius 3 is 2.77 bits per heavy atom. The molecule has 0 bridgehead atoms. The molecule has 0 fully saturated rings. The third kappa shape index (κ3) is 4.18. The van der Waals surface area contributed by atoms with E-state index in [-0.39, 0.29) is 18.3 Å². The van der Waals surface area contributed by atoms with Crippen LogP contribution in [0.5, 0.6) is 0 Å². The van der Waals surface area contributed by atoms with Crippen molar-refractivity contribution in [2.24, 2.45) is 0 Å². The molecule has 6 nitrogen and oxygen atoms in total. The number of carbonyl (C=O) groups excluding carboxylic acids is 2. The number of anilines is 1. The smallest absolute Gasteiger partial charge is 0.348 e. The first-order chi connectivity index (χ1) is 12.6. The Kier molecular flexibility index (Phi) is 5.48. The van der Waals surface area contributed by atoms with Gasteiger partial charge in [-0.2, -0.15) is 5.10 Å². The third-order valence-electron chi connectivity index (χ3n) is 3.66. The maximum absolute atomic E-state index is 12.3. The molecule has 2 heterocycles. The molecule has 3 rings (SSSR count). The van der Waals surface area contributed by atoms with E-state index in [0.29, 0.717) is 16.5 Å². The van der Waals surface area contributed by atoms with Crippen molar-refractivity contribution in [3.63, 3.8) is 0 Å². The number of nitrogens with one attached hydrogen (secondary N) is 1. The zero-order valence-electron chi connectivity index (χ0n) is 14.6. The van der Waals surface area contributed by atoms with E-state index in [1.165, 1.54) is 11.3 Å². The van der Waals surface area contributed by atoms with Gasteiger partial charge in [0.15, 0.2) is 0 Å². The molecular formula is C19H19N3O3S. The quantitative estimate of drug-likeness (QED) is 0.674. The number of amides is 1. The maximum atomic E-state index is 12.3. The lowest BCUT2D eigenvalue weighted by Gasteiger charge is -2.01. The number of carbonyl (C=O) groups is 2. The molecule has 0 aliphatic carbocycles. The minimum Gasteiger partial charge on any atom is -0.462 e. The topological polar surface area (TPSA) is 73.2 Å². The summed E-state index contributed by atoms with van der Waals surface area (Å²) in [4.78, 5) is 24.7. The number of aryl methyl sites for hydroxylation is 1. The highest BCUT2D eigenvalue weighted by Gasteiger charge is 2.16. The first kappa shape index (κ1) is 17.9. The van der Waals surface area contributed by atoms with Crippen LogP contribution >= 0.6 is 11.3 Å². The summed E-state index contributed by atoms with van der Waals surface area (Å²) in [6.45, 7) is 3.91. The van der Waals surface area contributed by atoms with Crippen molar-refractivity contribution in [2.75, 3.05) is 11.9 Å². The monoisotopic (exact) mass is 369 g/mol. The van der Waals surface area contributed by atoms with Crippen molar-refractivity contribution in [1.29, 1.82) is 0 Å². The van der Waals surface area contributed by atoms with E-state index >= 15 is 0 Å². The molecule has 1 aromatic carbocycles. The van der Waals surface area contributed by atoms with Crippen molar-refractivity contribution in [3.8, 4) is 5.69 Å². The highest BCUT2D eigenvalue weighted by Crippen LogP contribution is 2.27. The second-order valence-electron chi connectivity index (χ2n) is 5.70. The Labute approximate surface area is 155 Å². The second kappa shape index (κ2) is 7.97. The first-order valence-electron chi connectivity index (χ1n) is 8.23. The molecule has 3 aromatic rings. The van der Waals surface area contributed by atoms with Crippen LogP contribution in [0, 0.1) is 6.92 Å². The number of hydrogen-bond acceptors (Lipinski definition) is 5. The lowest BCUT2D eigenvalue weighted by molar-refractivity contribution is -0.115. The fraction of sp³-hybridized carbons (Fsp3) is 0.211. The Hall–Kier alpha value is -2.93. The number of hydrogen-bond donors (Lipinski definition) is 1. The van der Waals surface area contributed by atoms with Gasteiger partial charge in [-0.3, -0.25) is 4.79 Å². The molecule has 0 unspecified atom stereocenters.